The Bertz CT molecular complexity index is 904. The van der Waals surface area contributed by atoms with Crippen molar-refractivity contribution in [1.82, 2.24) is 9.80 Å². The molecular formula is C24H27FN2O4. The zero-order valence-corrected chi connectivity index (χ0v) is 17.5. The molecule has 31 heavy (non-hydrogen) atoms. The van der Waals surface area contributed by atoms with Crippen molar-refractivity contribution in [2.45, 2.75) is 19.4 Å². The van der Waals surface area contributed by atoms with Gasteiger partial charge in [-0.05, 0) is 42.7 Å². The predicted octanol–water partition coefficient (Wildman–Crippen LogP) is 3.12. The van der Waals surface area contributed by atoms with E-state index < -0.39 is 0 Å². The number of ether oxygens (including phenoxy) is 2. The van der Waals surface area contributed by atoms with Crippen LogP contribution in [0.15, 0.2) is 48.5 Å². The quantitative estimate of drug-likeness (QED) is 0.737. The molecule has 2 heterocycles. The van der Waals surface area contributed by atoms with Gasteiger partial charge in [0.25, 0.3) is 5.91 Å². The van der Waals surface area contributed by atoms with E-state index >= 15 is 0 Å². The van der Waals surface area contributed by atoms with E-state index in [-0.39, 0.29) is 30.2 Å². The second kappa shape index (κ2) is 9.92. The molecule has 0 spiro atoms. The molecule has 2 aliphatic heterocycles. The molecule has 2 fully saturated rings. The molecule has 7 heteroatoms. The van der Waals surface area contributed by atoms with Crippen molar-refractivity contribution in [2.75, 3.05) is 39.4 Å². The van der Waals surface area contributed by atoms with Gasteiger partial charge < -0.3 is 19.3 Å². The highest BCUT2D eigenvalue weighted by Crippen LogP contribution is 2.25. The molecule has 164 valence electrons. The van der Waals surface area contributed by atoms with E-state index in [1.54, 1.807) is 29.2 Å². The third kappa shape index (κ3) is 5.22. The monoisotopic (exact) mass is 426 g/mol. The molecule has 2 aromatic carbocycles. The number of nitrogens with zero attached hydrogens (tertiary/aromatic N) is 2. The molecule has 0 N–H and O–H groups in total. The highest BCUT2D eigenvalue weighted by Gasteiger charge is 2.31. The number of rotatable bonds is 5. The lowest BCUT2D eigenvalue weighted by atomic mass is 9.94. The van der Waals surface area contributed by atoms with Crippen LogP contribution < -0.4 is 4.74 Å². The summed E-state index contributed by atoms with van der Waals surface area (Å²) < 4.78 is 24.3. The zero-order valence-electron chi connectivity index (χ0n) is 17.5. The minimum Gasteiger partial charge on any atom is -0.488 e. The van der Waals surface area contributed by atoms with Gasteiger partial charge in [-0.3, -0.25) is 9.59 Å². The standard InChI is InChI=1S/C24H27FN2O4/c25-20-7-5-18(6-8-20)17-31-22-4-2-1-3-21(22)24(29)26-11-9-19(10-12-26)23(28)27-13-15-30-16-14-27/h1-8,19H,9-17H2. The Balaban J connectivity index is 1.35. The Labute approximate surface area is 181 Å². The molecule has 0 atom stereocenters. The van der Waals surface area contributed by atoms with Crippen molar-refractivity contribution in [3.8, 4) is 5.75 Å². The Kier molecular flexibility index (Phi) is 6.82. The van der Waals surface area contributed by atoms with Gasteiger partial charge in [0, 0.05) is 32.1 Å². The summed E-state index contributed by atoms with van der Waals surface area (Å²) >= 11 is 0. The summed E-state index contributed by atoms with van der Waals surface area (Å²) in [4.78, 5) is 29.5. The van der Waals surface area contributed by atoms with Crippen LogP contribution in [0.2, 0.25) is 0 Å². The lowest BCUT2D eigenvalue weighted by Gasteiger charge is -2.35. The van der Waals surface area contributed by atoms with E-state index in [9.17, 15) is 14.0 Å². The summed E-state index contributed by atoms with van der Waals surface area (Å²) in [5.41, 5.74) is 1.33. The Morgan fingerprint density at radius 2 is 1.61 bits per heavy atom. The molecule has 2 aliphatic rings. The summed E-state index contributed by atoms with van der Waals surface area (Å²) in [6.45, 7) is 3.83. The van der Waals surface area contributed by atoms with Crippen LogP contribution in [0.1, 0.15) is 28.8 Å². The molecule has 4 rings (SSSR count). The number of morpholine rings is 1. The van der Waals surface area contributed by atoms with E-state index in [0.29, 0.717) is 63.5 Å². The van der Waals surface area contributed by atoms with E-state index in [2.05, 4.69) is 0 Å². The third-order valence-corrected chi connectivity index (χ3v) is 5.88. The van der Waals surface area contributed by atoms with E-state index in [1.165, 1.54) is 12.1 Å². The van der Waals surface area contributed by atoms with Crippen LogP contribution in [-0.2, 0) is 16.1 Å². The Morgan fingerprint density at radius 3 is 2.32 bits per heavy atom. The van der Waals surface area contributed by atoms with Gasteiger partial charge in [0.15, 0.2) is 0 Å². The van der Waals surface area contributed by atoms with Crippen molar-refractivity contribution < 1.29 is 23.5 Å². The maximum atomic E-state index is 13.1. The van der Waals surface area contributed by atoms with Crippen LogP contribution in [0, 0.1) is 11.7 Å². The number of piperidine rings is 1. The Morgan fingerprint density at radius 1 is 0.935 bits per heavy atom. The number of carbonyl (C=O) groups excluding carboxylic acids is 2. The van der Waals surface area contributed by atoms with Crippen molar-refractivity contribution in [1.29, 1.82) is 0 Å². The van der Waals surface area contributed by atoms with E-state index in [1.807, 2.05) is 17.0 Å². The molecule has 0 radical (unpaired) electrons. The van der Waals surface area contributed by atoms with Crippen molar-refractivity contribution in [3.05, 3.63) is 65.5 Å². The zero-order chi connectivity index (χ0) is 21.6. The van der Waals surface area contributed by atoms with Gasteiger partial charge in [-0.1, -0.05) is 24.3 Å². The normalized spacial score (nSPS) is 17.5. The van der Waals surface area contributed by atoms with E-state index in [4.69, 9.17) is 9.47 Å². The molecule has 0 unspecified atom stereocenters. The molecule has 0 aliphatic carbocycles. The molecule has 0 saturated carbocycles. The smallest absolute Gasteiger partial charge is 0.257 e. The fourth-order valence-electron chi connectivity index (χ4n) is 4.05. The number of benzene rings is 2. The number of hydrogen-bond acceptors (Lipinski definition) is 4. The third-order valence-electron chi connectivity index (χ3n) is 5.88. The van der Waals surface area contributed by atoms with Crippen molar-refractivity contribution in [2.24, 2.45) is 5.92 Å². The van der Waals surface area contributed by atoms with Crippen molar-refractivity contribution in [3.63, 3.8) is 0 Å². The topological polar surface area (TPSA) is 59.1 Å². The maximum absolute atomic E-state index is 13.1. The fourth-order valence-corrected chi connectivity index (χ4v) is 4.05. The lowest BCUT2D eigenvalue weighted by Crippen LogP contribution is -2.47. The molecule has 2 saturated heterocycles. The number of halogens is 1. The first-order chi connectivity index (χ1) is 15.1. The SMILES string of the molecule is O=C(c1ccccc1OCc1ccc(F)cc1)N1CCC(C(=O)N2CCOCC2)CC1. The fraction of sp³-hybridized carbons (Fsp3) is 0.417. The number of carbonyl (C=O) groups is 2. The molecule has 0 bridgehead atoms. The molecule has 2 amide bonds. The van der Waals surface area contributed by atoms with Gasteiger partial charge in [0.05, 0.1) is 18.8 Å². The molecule has 0 aromatic heterocycles. The average molecular weight is 426 g/mol. The van der Waals surface area contributed by atoms with Gasteiger partial charge >= 0.3 is 0 Å². The first-order valence-corrected chi connectivity index (χ1v) is 10.7. The van der Waals surface area contributed by atoms with E-state index in [0.717, 1.165) is 5.56 Å². The van der Waals surface area contributed by atoms with Crippen LogP contribution in [-0.4, -0.2) is 61.0 Å². The van der Waals surface area contributed by atoms with Gasteiger partial charge in [0.2, 0.25) is 5.91 Å². The predicted molar refractivity (Wildman–Crippen MR) is 113 cm³/mol. The maximum Gasteiger partial charge on any atom is 0.257 e. The minimum absolute atomic E-state index is 0.0351. The summed E-state index contributed by atoms with van der Waals surface area (Å²) in [7, 11) is 0. The second-order valence-electron chi connectivity index (χ2n) is 7.92. The van der Waals surface area contributed by atoms with Crippen LogP contribution in [0.25, 0.3) is 0 Å². The highest BCUT2D eigenvalue weighted by atomic mass is 19.1. The first kappa shape index (κ1) is 21.3. The number of para-hydroxylation sites is 1. The minimum atomic E-state index is -0.296. The lowest BCUT2D eigenvalue weighted by molar-refractivity contribution is -0.141. The van der Waals surface area contributed by atoms with Crippen LogP contribution in [0.3, 0.4) is 0 Å². The van der Waals surface area contributed by atoms with Crippen molar-refractivity contribution >= 4 is 11.8 Å². The Hall–Kier alpha value is -2.93. The molecule has 2 aromatic rings. The van der Waals surface area contributed by atoms with Gasteiger partial charge in [0.1, 0.15) is 18.2 Å². The van der Waals surface area contributed by atoms with Gasteiger partial charge in [-0.2, -0.15) is 0 Å². The van der Waals surface area contributed by atoms with Crippen LogP contribution in [0.5, 0.6) is 5.75 Å². The van der Waals surface area contributed by atoms with Crippen LogP contribution >= 0.6 is 0 Å². The van der Waals surface area contributed by atoms with Gasteiger partial charge in [-0.25, -0.2) is 4.39 Å². The second-order valence-corrected chi connectivity index (χ2v) is 7.92. The number of likely N-dealkylation sites (tertiary alicyclic amines) is 1. The average Bonchev–Trinajstić information content (AvgIpc) is 2.83. The number of amides is 2. The summed E-state index contributed by atoms with van der Waals surface area (Å²) in [6, 6.07) is 13.3. The summed E-state index contributed by atoms with van der Waals surface area (Å²) in [6.07, 6.45) is 1.33. The largest absolute Gasteiger partial charge is 0.488 e. The highest BCUT2D eigenvalue weighted by molar-refractivity contribution is 5.97. The molecular weight excluding hydrogens is 399 g/mol. The first-order valence-electron chi connectivity index (χ1n) is 10.7. The number of hydrogen-bond donors (Lipinski definition) is 0. The summed E-state index contributed by atoms with van der Waals surface area (Å²) in [5.74, 6) is 0.260. The van der Waals surface area contributed by atoms with Crippen LogP contribution in [0.4, 0.5) is 4.39 Å². The molecule has 6 nitrogen and oxygen atoms in total. The van der Waals surface area contributed by atoms with Gasteiger partial charge in [-0.15, -0.1) is 0 Å². The summed E-state index contributed by atoms with van der Waals surface area (Å²) in [5, 5.41) is 0.